The van der Waals surface area contributed by atoms with Crippen molar-refractivity contribution >= 4 is 27.6 Å². The highest BCUT2D eigenvalue weighted by Gasteiger charge is 2.22. The summed E-state index contributed by atoms with van der Waals surface area (Å²) < 4.78 is 12.1. The van der Waals surface area contributed by atoms with E-state index in [1.807, 2.05) is 6.07 Å². The van der Waals surface area contributed by atoms with Crippen LogP contribution in [-0.2, 0) is 4.74 Å². The van der Waals surface area contributed by atoms with E-state index in [1.165, 1.54) is 17.9 Å². The summed E-state index contributed by atoms with van der Waals surface area (Å²) in [4.78, 5) is 11.9. The number of hydrogen-bond acceptors (Lipinski definition) is 5. The summed E-state index contributed by atoms with van der Waals surface area (Å²) in [6.45, 7) is 0. The zero-order valence-electron chi connectivity index (χ0n) is 11.4. The molecular weight excluding hydrogens is 338 g/mol. The monoisotopic (exact) mass is 349 g/mol. The minimum atomic E-state index is -0.622. The molecule has 0 radical (unpaired) electrons. The number of aromatic nitrogens is 1. The van der Waals surface area contributed by atoms with Crippen molar-refractivity contribution in [3.63, 3.8) is 0 Å². The van der Waals surface area contributed by atoms with Gasteiger partial charge in [0.05, 0.1) is 31.2 Å². The predicted molar refractivity (Wildman–Crippen MR) is 80.5 cm³/mol. The molecule has 0 spiro atoms. The van der Waals surface area contributed by atoms with Crippen molar-refractivity contribution in [2.24, 2.45) is 0 Å². The number of nitriles is 1. The highest BCUT2D eigenvalue weighted by atomic mass is 79.9. The molecule has 7 heteroatoms. The van der Waals surface area contributed by atoms with E-state index in [1.54, 1.807) is 25.3 Å². The Morgan fingerprint density at radius 1 is 1.43 bits per heavy atom. The summed E-state index contributed by atoms with van der Waals surface area (Å²) in [5.41, 5.74) is 6.85. The number of nitrogen functional groups attached to an aromatic ring is 1. The molecular formula is C14H12BrN3O3. The van der Waals surface area contributed by atoms with Crippen molar-refractivity contribution in [3.8, 4) is 17.5 Å². The number of ether oxygens (including phenoxy) is 2. The van der Waals surface area contributed by atoms with E-state index in [2.05, 4.69) is 15.9 Å². The number of carbonyl (C=O) groups is 1. The third kappa shape index (κ3) is 2.58. The van der Waals surface area contributed by atoms with Gasteiger partial charge in [-0.15, -0.1) is 0 Å². The summed E-state index contributed by atoms with van der Waals surface area (Å²) in [6, 6.07) is 7.21. The molecule has 2 aromatic rings. The minimum Gasteiger partial charge on any atom is -0.497 e. The summed E-state index contributed by atoms with van der Waals surface area (Å²) in [5, 5.41) is 9.10. The fourth-order valence-corrected chi connectivity index (χ4v) is 2.35. The van der Waals surface area contributed by atoms with Crippen LogP contribution in [0.4, 0.5) is 5.69 Å². The van der Waals surface area contributed by atoms with Crippen LogP contribution in [0.2, 0.25) is 0 Å². The number of benzene rings is 1. The molecule has 2 rings (SSSR count). The fourth-order valence-electron chi connectivity index (χ4n) is 1.91. The van der Waals surface area contributed by atoms with Crippen LogP contribution in [0, 0.1) is 11.3 Å². The van der Waals surface area contributed by atoms with Crippen LogP contribution in [-0.4, -0.2) is 24.8 Å². The van der Waals surface area contributed by atoms with Crippen molar-refractivity contribution in [2.45, 2.75) is 0 Å². The SMILES string of the molecule is COC(=O)c1c(N)c(C#N)cn1-c1cc(OC)ccc1Br. The van der Waals surface area contributed by atoms with Crippen LogP contribution in [0.15, 0.2) is 28.9 Å². The highest BCUT2D eigenvalue weighted by molar-refractivity contribution is 9.10. The lowest BCUT2D eigenvalue weighted by Gasteiger charge is -2.11. The van der Waals surface area contributed by atoms with Crippen LogP contribution in [0.3, 0.4) is 0 Å². The van der Waals surface area contributed by atoms with Gasteiger partial charge in [0.1, 0.15) is 11.8 Å². The molecule has 2 N–H and O–H groups in total. The van der Waals surface area contributed by atoms with E-state index in [0.29, 0.717) is 15.9 Å². The Morgan fingerprint density at radius 2 is 2.14 bits per heavy atom. The number of carbonyl (C=O) groups excluding carboxylic acids is 1. The average molecular weight is 350 g/mol. The first-order valence-corrected chi connectivity index (χ1v) is 6.66. The van der Waals surface area contributed by atoms with Gasteiger partial charge >= 0.3 is 5.97 Å². The van der Waals surface area contributed by atoms with Crippen molar-refractivity contribution in [1.29, 1.82) is 5.26 Å². The number of esters is 1. The molecule has 0 atom stereocenters. The number of anilines is 1. The molecule has 108 valence electrons. The lowest BCUT2D eigenvalue weighted by atomic mass is 10.2. The third-order valence-corrected chi connectivity index (χ3v) is 3.63. The molecule has 21 heavy (non-hydrogen) atoms. The molecule has 0 saturated carbocycles. The van der Waals surface area contributed by atoms with Gasteiger partial charge in [-0.1, -0.05) is 0 Å². The van der Waals surface area contributed by atoms with Crippen LogP contribution < -0.4 is 10.5 Å². The Labute approximate surface area is 129 Å². The average Bonchev–Trinajstić information content (AvgIpc) is 2.83. The molecule has 0 saturated heterocycles. The summed E-state index contributed by atoms with van der Waals surface area (Å²) in [5.74, 6) is -0.0153. The number of rotatable bonds is 3. The van der Waals surface area contributed by atoms with Crippen LogP contribution >= 0.6 is 15.9 Å². The van der Waals surface area contributed by atoms with E-state index in [4.69, 9.17) is 20.5 Å². The summed E-state index contributed by atoms with van der Waals surface area (Å²) >= 11 is 3.41. The van der Waals surface area contributed by atoms with Crippen molar-refractivity contribution < 1.29 is 14.3 Å². The van der Waals surface area contributed by atoms with E-state index < -0.39 is 5.97 Å². The first-order chi connectivity index (χ1) is 10.0. The fraction of sp³-hybridized carbons (Fsp3) is 0.143. The Balaban J connectivity index is 2.75. The van der Waals surface area contributed by atoms with Crippen molar-refractivity contribution in [1.82, 2.24) is 4.57 Å². The zero-order valence-corrected chi connectivity index (χ0v) is 13.0. The maximum absolute atomic E-state index is 11.9. The number of hydrogen-bond donors (Lipinski definition) is 1. The maximum atomic E-state index is 11.9. The second kappa shape index (κ2) is 5.89. The molecule has 0 aliphatic carbocycles. The van der Waals surface area contributed by atoms with Gasteiger partial charge in [0.2, 0.25) is 0 Å². The normalized spacial score (nSPS) is 10.0. The standard InChI is InChI=1S/C14H12BrN3O3/c1-20-9-3-4-10(15)11(5-9)18-7-8(6-16)12(17)13(18)14(19)21-2/h3-5,7H,17H2,1-2H3. The number of nitrogens with zero attached hydrogens (tertiary/aromatic N) is 2. The lowest BCUT2D eigenvalue weighted by molar-refractivity contribution is 0.0593. The summed E-state index contributed by atoms with van der Waals surface area (Å²) in [7, 11) is 2.80. The van der Waals surface area contributed by atoms with Crippen LogP contribution in [0.25, 0.3) is 5.69 Å². The Morgan fingerprint density at radius 3 is 2.71 bits per heavy atom. The number of halogens is 1. The minimum absolute atomic E-state index is 0.0825. The molecule has 0 aliphatic heterocycles. The van der Waals surface area contributed by atoms with E-state index >= 15 is 0 Å². The van der Waals surface area contributed by atoms with Gasteiger partial charge in [-0.05, 0) is 28.1 Å². The smallest absolute Gasteiger partial charge is 0.357 e. The van der Waals surface area contributed by atoms with Crippen molar-refractivity contribution in [3.05, 3.63) is 40.1 Å². The molecule has 1 aromatic heterocycles. The highest BCUT2D eigenvalue weighted by Crippen LogP contribution is 2.31. The molecule has 0 amide bonds. The first kappa shape index (κ1) is 14.9. The summed E-state index contributed by atoms with van der Waals surface area (Å²) in [6.07, 6.45) is 1.49. The van der Waals surface area contributed by atoms with Gasteiger partial charge in [-0.3, -0.25) is 0 Å². The topological polar surface area (TPSA) is 90.3 Å². The number of methoxy groups -OCH3 is 2. The zero-order chi connectivity index (χ0) is 15.6. The Kier molecular flexibility index (Phi) is 4.19. The Bertz CT molecular complexity index is 747. The maximum Gasteiger partial charge on any atom is 0.357 e. The quantitative estimate of drug-likeness (QED) is 0.859. The predicted octanol–water partition coefficient (Wildman–Crippen LogP) is 2.49. The van der Waals surface area contributed by atoms with E-state index in [0.717, 1.165) is 0 Å². The third-order valence-electron chi connectivity index (χ3n) is 2.96. The second-order valence-corrected chi connectivity index (χ2v) is 4.95. The van der Waals surface area contributed by atoms with Gasteiger partial charge < -0.3 is 19.8 Å². The van der Waals surface area contributed by atoms with Crippen LogP contribution in [0.5, 0.6) is 5.75 Å². The molecule has 6 nitrogen and oxygen atoms in total. The number of nitrogens with two attached hydrogens (primary N) is 1. The second-order valence-electron chi connectivity index (χ2n) is 4.10. The first-order valence-electron chi connectivity index (χ1n) is 5.86. The molecule has 0 aliphatic rings. The van der Waals surface area contributed by atoms with E-state index in [9.17, 15) is 4.79 Å². The molecule has 1 aromatic carbocycles. The lowest BCUT2D eigenvalue weighted by Crippen LogP contribution is -2.11. The molecule has 0 fully saturated rings. The van der Waals surface area contributed by atoms with Crippen molar-refractivity contribution in [2.75, 3.05) is 20.0 Å². The Hall–Kier alpha value is -2.46. The van der Waals surface area contributed by atoms with Gasteiger partial charge in [0.25, 0.3) is 0 Å². The van der Waals surface area contributed by atoms with Gasteiger partial charge in [0, 0.05) is 16.7 Å². The molecule has 0 bridgehead atoms. The van der Waals surface area contributed by atoms with Gasteiger partial charge in [-0.25, -0.2) is 4.79 Å². The van der Waals surface area contributed by atoms with Crippen LogP contribution in [0.1, 0.15) is 16.1 Å². The molecule has 1 heterocycles. The van der Waals surface area contributed by atoms with E-state index in [-0.39, 0.29) is 16.9 Å². The molecule has 0 unspecified atom stereocenters. The van der Waals surface area contributed by atoms with Gasteiger partial charge in [-0.2, -0.15) is 5.26 Å². The largest absolute Gasteiger partial charge is 0.497 e. The van der Waals surface area contributed by atoms with Gasteiger partial charge in [0.15, 0.2) is 5.69 Å².